The van der Waals surface area contributed by atoms with Crippen LogP contribution in [0.4, 0.5) is 0 Å². The molecule has 20 aromatic rings. The summed E-state index contributed by atoms with van der Waals surface area (Å²) in [5, 5.41) is 9.49. The Hall–Kier alpha value is -13.3. The van der Waals surface area contributed by atoms with E-state index in [1.807, 2.05) is 12.1 Å². The van der Waals surface area contributed by atoms with E-state index >= 15 is 0 Å². The van der Waals surface area contributed by atoms with Gasteiger partial charge in [0.25, 0.3) is 0 Å². The monoisotopic (exact) mass is 1500 g/mol. The average Bonchev–Trinajstić information content (AvgIpc) is 1.61. The van der Waals surface area contributed by atoms with Crippen LogP contribution in [-0.4, -0.2) is 0 Å². The predicted molar refractivity (Wildman–Crippen MR) is 493 cm³/mol. The van der Waals surface area contributed by atoms with E-state index in [9.17, 15) is 0 Å². The molecule has 0 aliphatic heterocycles. The lowest BCUT2D eigenvalue weighted by Crippen LogP contribution is -2.11. The molecule has 0 saturated carbocycles. The van der Waals surface area contributed by atoms with Crippen LogP contribution in [0.2, 0.25) is 0 Å². The van der Waals surface area contributed by atoms with Gasteiger partial charge in [0.15, 0.2) is 0 Å². The van der Waals surface area contributed by atoms with Crippen molar-refractivity contribution in [2.45, 2.75) is 105 Å². The quantitative estimate of drug-likeness (QED) is 0.152. The van der Waals surface area contributed by atoms with E-state index in [4.69, 9.17) is 17.7 Å². The largest absolute Gasteiger partial charge is 0.455 e. The highest BCUT2D eigenvalue weighted by molar-refractivity contribution is 6.14. The molecule has 4 nitrogen and oxygen atoms in total. The number of furan rings is 4. The van der Waals surface area contributed by atoms with Crippen molar-refractivity contribution in [1.82, 2.24) is 0 Å². The number of rotatable bonds is 8. The van der Waals surface area contributed by atoms with Crippen LogP contribution in [-0.2, 0) is 21.7 Å². The summed E-state index contributed by atoms with van der Waals surface area (Å²) in [7, 11) is 0. The van der Waals surface area contributed by atoms with Crippen LogP contribution in [0.5, 0.6) is 0 Å². The number of benzene rings is 16. The minimum atomic E-state index is 0.0285. The fourth-order valence-corrected chi connectivity index (χ4v) is 16.3. The van der Waals surface area contributed by atoms with Gasteiger partial charge in [-0.25, -0.2) is 0 Å². The van der Waals surface area contributed by atoms with Crippen molar-refractivity contribution >= 4 is 87.8 Å². The van der Waals surface area contributed by atoms with Gasteiger partial charge in [0.05, 0.1) is 0 Å². The zero-order valence-corrected chi connectivity index (χ0v) is 68.3. The number of hydrogen-bond donors (Lipinski definition) is 0. The first kappa shape index (κ1) is 75.4. The Labute approximate surface area is 681 Å². The van der Waals surface area contributed by atoms with E-state index in [2.05, 4.69) is 435 Å². The minimum absolute atomic E-state index is 0.0285. The maximum absolute atomic E-state index is 6.54. The molecule has 0 radical (unpaired) electrons. The van der Waals surface area contributed by atoms with Gasteiger partial charge in [-0.2, -0.15) is 0 Å². The Kier molecular flexibility index (Phi) is 20.1. The molecule has 116 heavy (non-hydrogen) atoms. The van der Waals surface area contributed by atoms with Crippen molar-refractivity contribution < 1.29 is 17.7 Å². The van der Waals surface area contributed by atoms with Gasteiger partial charge in [-0.1, -0.05) is 399 Å². The van der Waals surface area contributed by atoms with Gasteiger partial charge < -0.3 is 17.7 Å². The second kappa shape index (κ2) is 30.9. The molecule has 0 saturated heterocycles. The van der Waals surface area contributed by atoms with Gasteiger partial charge in [-0.15, -0.1) is 0 Å². The molecule has 4 heteroatoms. The van der Waals surface area contributed by atoms with E-state index < -0.39 is 0 Å². The molecule has 4 heterocycles. The van der Waals surface area contributed by atoms with Crippen LogP contribution in [0.25, 0.3) is 177 Å². The van der Waals surface area contributed by atoms with Crippen LogP contribution in [0, 0.1) is 0 Å². The molecular weight excluding hydrogens is 1410 g/mol. The van der Waals surface area contributed by atoms with Gasteiger partial charge in [0.2, 0.25) is 0 Å². The minimum Gasteiger partial charge on any atom is -0.455 e. The van der Waals surface area contributed by atoms with Crippen LogP contribution < -0.4 is 0 Å². The molecule has 0 spiro atoms. The number of hydrogen-bond acceptors (Lipinski definition) is 4. The Morgan fingerprint density at radius 2 is 0.466 bits per heavy atom. The Morgan fingerprint density at radius 3 is 0.888 bits per heavy atom. The zero-order valence-electron chi connectivity index (χ0n) is 68.3. The lowest BCUT2D eigenvalue weighted by molar-refractivity contribution is 0.573. The summed E-state index contributed by atoms with van der Waals surface area (Å²) >= 11 is 0. The van der Waals surface area contributed by atoms with Gasteiger partial charge in [-0.3, -0.25) is 0 Å². The van der Waals surface area contributed by atoms with Crippen LogP contribution in [0.15, 0.2) is 382 Å². The van der Waals surface area contributed by atoms with Crippen molar-refractivity contribution in [2.24, 2.45) is 0 Å². The fourth-order valence-electron chi connectivity index (χ4n) is 16.3. The first-order valence-electron chi connectivity index (χ1n) is 40.5. The maximum Gasteiger partial charge on any atom is 0.143 e. The maximum atomic E-state index is 6.54. The first-order chi connectivity index (χ1) is 56.1. The van der Waals surface area contributed by atoms with Crippen molar-refractivity contribution in [1.29, 1.82) is 0 Å². The standard InChI is InChI=1S/4C28H24O/c1-28(2,3)24-16-9-17-25-26(24)23-15-8-14-22(27(23)29-25)21-13-7-12-20(18-21)19-10-5-4-6-11-19;1-28(2,3)25-17-9-16-24-23-15-8-14-22(26(23)29-27(24)25)21-13-7-12-20(18-21)19-10-5-4-6-11-19;1-28(2,3)22-15-16-24-25-14-8-13-23(27(25)29-26(24)18-22)21-12-7-11-20(17-21)19-9-5-4-6-10-19;1-28(2,3)22-15-16-26-25(18-22)24-14-8-13-23(27(24)29-26)21-12-7-11-20(17-21)19-9-5-4-6-10-19/h4*4-18H,1-3H3. The molecule has 16 aromatic carbocycles. The van der Waals surface area contributed by atoms with Crippen LogP contribution in [0.1, 0.15) is 105 Å². The predicted octanol–water partition coefficient (Wildman–Crippen LogP) is 32.9. The van der Waals surface area contributed by atoms with Crippen molar-refractivity contribution in [3.8, 4) is 89.0 Å². The second-order valence-corrected chi connectivity index (χ2v) is 34.7. The van der Waals surface area contributed by atoms with E-state index in [0.29, 0.717) is 0 Å². The number of fused-ring (bicyclic) bond motifs is 12. The van der Waals surface area contributed by atoms with Gasteiger partial charge in [-0.05, 0) is 154 Å². The van der Waals surface area contributed by atoms with Crippen LogP contribution >= 0.6 is 0 Å². The molecule has 0 bridgehead atoms. The van der Waals surface area contributed by atoms with E-state index in [0.717, 1.165) is 66.9 Å². The summed E-state index contributed by atoms with van der Waals surface area (Å²) in [5.41, 5.74) is 32.2. The highest BCUT2D eigenvalue weighted by atomic mass is 16.3. The molecular formula is C112H96O4. The Bertz CT molecular complexity index is 6760. The third-order valence-corrected chi connectivity index (χ3v) is 22.5. The molecule has 0 atom stereocenters. The van der Waals surface area contributed by atoms with E-state index in [1.54, 1.807) is 0 Å². The molecule has 20 rings (SSSR count). The normalized spacial score (nSPS) is 12.0. The van der Waals surface area contributed by atoms with E-state index in [-0.39, 0.29) is 21.7 Å². The van der Waals surface area contributed by atoms with Crippen molar-refractivity contribution in [2.75, 3.05) is 0 Å². The average molecular weight is 1510 g/mol. The molecule has 0 fully saturated rings. The summed E-state index contributed by atoms with van der Waals surface area (Å²) in [5.74, 6) is 0. The summed E-state index contributed by atoms with van der Waals surface area (Å²) < 4.78 is 25.7. The smallest absolute Gasteiger partial charge is 0.143 e. The zero-order chi connectivity index (χ0) is 80.0. The molecule has 0 aliphatic carbocycles. The summed E-state index contributed by atoms with van der Waals surface area (Å²) in [6.07, 6.45) is 0. The van der Waals surface area contributed by atoms with Crippen LogP contribution in [0.3, 0.4) is 0 Å². The molecule has 568 valence electrons. The molecule has 0 aliphatic rings. The van der Waals surface area contributed by atoms with Gasteiger partial charge >= 0.3 is 0 Å². The Balaban J connectivity index is 0.000000111. The summed E-state index contributed by atoms with van der Waals surface area (Å²) in [6, 6.07) is 129. The summed E-state index contributed by atoms with van der Waals surface area (Å²) in [6.45, 7) is 26.9. The van der Waals surface area contributed by atoms with Crippen molar-refractivity contribution in [3.05, 3.63) is 386 Å². The second-order valence-electron chi connectivity index (χ2n) is 34.7. The third-order valence-electron chi connectivity index (χ3n) is 22.5. The Morgan fingerprint density at radius 1 is 0.164 bits per heavy atom. The molecule has 4 aromatic heterocycles. The highest BCUT2D eigenvalue weighted by Gasteiger charge is 2.26. The highest BCUT2D eigenvalue weighted by Crippen LogP contribution is 2.46. The topological polar surface area (TPSA) is 52.6 Å². The third kappa shape index (κ3) is 15.2. The first-order valence-corrected chi connectivity index (χ1v) is 40.5. The SMILES string of the molecule is CC(C)(C)c1ccc2c(c1)oc1c(-c3cccc(-c4ccccc4)c3)cccc12.CC(C)(C)c1ccc2oc3c(-c4cccc(-c5ccccc5)c4)cccc3c2c1.CC(C)(C)c1cccc2c1oc1c(-c3cccc(-c4ccccc4)c3)cccc12.CC(C)(C)c1cccc2oc3c(-c4cccc(-c5ccccc5)c4)cccc3c12. The lowest BCUT2D eigenvalue weighted by atomic mass is 9.84. The molecule has 0 N–H and O–H groups in total. The summed E-state index contributed by atoms with van der Waals surface area (Å²) in [4.78, 5) is 0. The number of para-hydroxylation sites is 5. The fraction of sp³-hybridized carbons (Fsp3) is 0.143. The molecule has 0 unspecified atom stereocenters. The molecule has 0 amide bonds. The van der Waals surface area contributed by atoms with Gasteiger partial charge in [0.1, 0.15) is 44.7 Å². The van der Waals surface area contributed by atoms with E-state index in [1.165, 1.54) is 132 Å². The lowest BCUT2D eigenvalue weighted by Gasteiger charge is -2.19. The van der Waals surface area contributed by atoms with Crippen molar-refractivity contribution in [3.63, 3.8) is 0 Å². The van der Waals surface area contributed by atoms with Gasteiger partial charge in [0, 0.05) is 70.9 Å².